The molecule has 1 amide bonds. The standard InChI is InChI=1S/C12H14Cl2N2O/c1-2-16(8-3-4-8)12(17)9-5-7(15)6-10(13)11(9)14/h5-6,8H,2-4,15H2,1H3. The molecule has 92 valence electrons. The minimum atomic E-state index is -0.0887. The van der Waals surface area contributed by atoms with Crippen LogP contribution in [-0.2, 0) is 0 Å². The molecule has 1 saturated carbocycles. The van der Waals surface area contributed by atoms with Crippen LogP contribution in [0.3, 0.4) is 0 Å². The van der Waals surface area contributed by atoms with E-state index >= 15 is 0 Å². The van der Waals surface area contributed by atoms with Gasteiger partial charge in [-0.15, -0.1) is 0 Å². The molecular weight excluding hydrogens is 259 g/mol. The summed E-state index contributed by atoms with van der Waals surface area (Å²) in [5.41, 5.74) is 6.53. The van der Waals surface area contributed by atoms with Gasteiger partial charge in [-0.25, -0.2) is 0 Å². The van der Waals surface area contributed by atoms with Gasteiger partial charge in [-0.1, -0.05) is 23.2 Å². The van der Waals surface area contributed by atoms with Crippen molar-refractivity contribution in [1.29, 1.82) is 0 Å². The topological polar surface area (TPSA) is 46.3 Å². The smallest absolute Gasteiger partial charge is 0.255 e. The quantitative estimate of drug-likeness (QED) is 0.859. The number of nitrogens with zero attached hydrogens (tertiary/aromatic N) is 1. The summed E-state index contributed by atoms with van der Waals surface area (Å²) in [6.07, 6.45) is 2.13. The summed E-state index contributed by atoms with van der Waals surface area (Å²) in [7, 11) is 0. The second kappa shape index (κ2) is 4.75. The van der Waals surface area contributed by atoms with Crippen molar-refractivity contribution in [2.24, 2.45) is 0 Å². The molecule has 2 rings (SSSR count). The summed E-state index contributed by atoms with van der Waals surface area (Å²) in [5, 5.41) is 0.604. The summed E-state index contributed by atoms with van der Waals surface area (Å²) in [4.78, 5) is 14.1. The second-order valence-corrected chi connectivity index (χ2v) is 4.97. The fraction of sp³-hybridized carbons (Fsp3) is 0.417. The number of carbonyl (C=O) groups is 1. The molecule has 1 aromatic rings. The molecule has 0 bridgehead atoms. The zero-order chi connectivity index (χ0) is 12.6. The molecule has 0 radical (unpaired) electrons. The lowest BCUT2D eigenvalue weighted by Gasteiger charge is -2.21. The maximum absolute atomic E-state index is 12.3. The van der Waals surface area contributed by atoms with Crippen LogP contribution in [0.5, 0.6) is 0 Å². The van der Waals surface area contributed by atoms with Crippen LogP contribution in [0.2, 0.25) is 10.0 Å². The third kappa shape index (κ3) is 2.50. The van der Waals surface area contributed by atoms with Crippen molar-refractivity contribution in [3.05, 3.63) is 27.7 Å². The van der Waals surface area contributed by atoms with Crippen LogP contribution in [0.25, 0.3) is 0 Å². The zero-order valence-corrected chi connectivity index (χ0v) is 11.1. The van der Waals surface area contributed by atoms with Crippen molar-refractivity contribution in [1.82, 2.24) is 4.90 Å². The lowest BCUT2D eigenvalue weighted by atomic mass is 10.1. The van der Waals surface area contributed by atoms with E-state index in [-0.39, 0.29) is 10.9 Å². The molecule has 0 aromatic heterocycles. The minimum Gasteiger partial charge on any atom is -0.399 e. The monoisotopic (exact) mass is 272 g/mol. The summed E-state index contributed by atoms with van der Waals surface area (Å²) in [5.74, 6) is -0.0887. The van der Waals surface area contributed by atoms with Crippen molar-refractivity contribution >= 4 is 34.8 Å². The summed E-state index contributed by atoms with van der Waals surface area (Å²) >= 11 is 12.0. The molecule has 0 unspecified atom stereocenters. The minimum absolute atomic E-state index is 0.0887. The Hall–Kier alpha value is -0.930. The number of carbonyl (C=O) groups excluding carboxylic acids is 1. The molecule has 0 saturated heterocycles. The van der Waals surface area contributed by atoms with E-state index in [1.165, 1.54) is 0 Å². The molecule has 17 heavy (non-hydrogen) atoms. The van der Waals surface area contributed by atoms with Crippen molar-refractivity contribution in [2.75, 3.05) is 12.3 Å². The van der Waals surface area contributed by atoms with Gasteiger partial charge in [0.25, 0.3) is 5.91 Å². The van der Waals surface area contributed by atoms with Crippen LogP contribution in [0, 0.1) is 0 Å². The van der Waals surface area contributed by atoms with Crippen LogP contribution < -0.4 is 5.73 Å². The maximum atomic E-state index is 12.3. The van der Waals surface area contributed by atoms with E-state index in [1.807, 2.05) is 11.8 Å². The molecule has 0 aliphatic heterocycles. The number of rotatable bonds is 3. The summed E-state index contributed by atoms with van der Waals surface area (Å²) in [6.45, 7) is 2.63. The van der Waals surface area contributed by atoms with Crippen LogP contribution >= 0.6 is 23.2 Å². The van der Waals surface area contributed by atoms with Crippen LogP contribution in [-0.4, -0.2) is 23.4 Å². The zero-order valence-electron chi connectivity index (χ0n) is 9.54. The van der Waals surface area contributed by atoms with E-state index in [9.17, 15) is 4.79 Å². The van der Waals surface area contributed by atoms with Gasteiger partial charge in [-0.05, 0) is 31.9 Å². The maximum Gasteiger partial charge on any atom is 0.255 e. The van der Waals surface area contributed by atoms with Gasteiger partial charge in [0, 0.05) is 18.3 Å². The van der Waals surface area contributed by atoms with Gasteiger partial charge in [-0.2, -0.15) is 0 Å². The predicted octanol–water partition coefficient (Wildman–Crippen LogP) is 3.20. The second-order valence-electron chi connectivity index (χ2n) is 4.19. The van der Waals surface area contributed by atoms with E-state index in [0.717, 1.165) is 12.8 Å². The highest BCUT2D eigenvalue weighted by Gasteiger charge is 2.32. The van der Waals surface area contributed by atoms with E-state index in [0.29, 0.717) is 28.9 Å². The third-order valence-electron chi connectivity index (χ3n) is 2.87. The van der Waals surface area contributed by atoms with E-state index in [4.69, 9.17) is 28.9 Å². The Morgan fingerprint density at radius 1 is 1.47 bits per heavy atom. The Bertz CT molecular complexity index is 458. The molecule has 0 spiro atoms. The molecule has 0 heterocycles. The first kappa shape index (κ1) is 12.5. The Morgan fingerprint density at radius 2 is 2.12 bits per heavy atom. The van der Waals surface area contributed by atoms with Crippen molar-refractivity contribution in [2.45, 2.75) is 25.8 Å². The average Bonchev–Trinajstić information content (AvgIpc) is 3.08. The van der Waals surface area contributed by atoms with Gasteiger partial charge in [0.2, 0.25) is 0 Å². The van der Waals surface area contributed by atoms with Gasteiger partial charge in [0.05, 0.1) is 15.6 Å². The van der Waals surface area contributed by atoms with Gasteiger partial charge in [0.1, 0.15) is 0 Å². The van der Waals surface area contributed by atoms with Crippen LogP contribution in [0.15, 0.2) is 12.1 Å². The number of amides is 1. The first-order valence-electron chi connectivity index (χ1n) is 5.60. The molecule has 2 N–H and O–H groups in total. The van der Waals surface area contributed by atoms with E-state index < -0.39 is 0 Å². The van der Waals surface area contributed by atoms with Crippen LogP contribution in [0.1, 0.15) is 30.1 Å². The Morgan fingerprint density at radius 3 is 2.65 bits per heavy atom. The first-order valence-corrected chi connectivity index (χ1v) is 6.35. The van der Waals surface area contributed by atoms with Crippen LogP contribution in [0.4, 0.5) is 5.69 Å². The fourth-order valence-electron chi connectivity index (χ4n) is 1.87. The van der Waals surface area contributed by atoms with Gasteiger partial charge >= 0.3 is 0 Å². The Kier molecular flexibility index (Phi) is 3.50. The molecule has 1 aromatic carbocycles. The summed E-state index contributed by atoms with van der Waals surface area (Å²) in [6, 6.07) is 3.49. The lowest BCUT2D eigenvalue weighted by Crippen LogP contribution is -2.33. The van der Waals surface area contributed by atoms with Crippen molar-refractivity contribution in [3.8, 4) is 0 Å². The van der Waals surface area contributed by atoms with E-state index in [2.05, 4.69) is 0 Å². The number of hydrogen-bond donors (Lipinski definition) is 1. The molecular formula is C12H14Cl2N2O. The number of anilines is 1. The third-order valence-corrected chi connectivity index (χ3v) is 3.67. The highest BCUT2D eigenvalue weighted by Crippen LogP contribution is 2.33. The normalized spacial score (nSPS) is 14.8. The highest BCUT2D eigenvalue weighted by molar-refractivity contribution is 6.44. The number of nitrogen functional groups attached to an aromatic ring is 1. The number of nitrogens with two attached hydrogens (primary N) is 1. The highest BCUT2D eigenvalue weighted by atomic mass is 35.5. The Labute approximate surface area is 110 Å². The van der Waals surface area contributed by atoms with E-state index in [1.54, 1.807) is 12.1 Å². The molecule has 0 atom stereocenters. The first-order chi connectivity index (χ1) is 8.04. The SMILES string of the molecule is CCN(C(=O)c1cc(N)cc(Cl)c1Cl)C1CC1. The average molecular weight is 273 g/mol. The number of benzene rings is 1. The lowest BCUT2D eigenvalue weighted by molar-refractivity contribution is 0.0753. The van der Waals surface area contributed by atoms with Crippen molar-refractivity contribution in [3.63, 3.8) is 0 Å². The number of hydrogen-bond acceptors (Lipinski definition) is 2. The fourth-order valence-corrected chi connectivity index (χ4v) is 2.29. The summed E-state index contributed by atoms with van der Waals surface area (Å²) < 4.78 is 0. The molecule has 1 aliphatic rings. The molecule has 5 heteroatoms. The Balaban J connectivity index is 2.35. The predicted molar refractivity (Wildman–Crippen MR) is 70.6 cm³/mol. The van der Waals surface area contributed by atoms with Crippen molar-refractivity contribution < 1.29 is 4.79 Å². The van der Waals surface area contributed by atoms with Gasteiger partial charge in [0.15, 0.2) is 0 Å². The largest absolute Gasteiger partial charge is 0.399 e. The van der Waals surface area contributed by atoms with Gasteiger partial charge < -0.3 is 10.6 Å². The molecule has 1 aliphatic carbocycles. The number of halogens is 2. The van der Waals surface area contributed by atoms with Gasteiger partial charge in [-0.3, -0.25) is 4.79 Å². The molecule has 3 nitrogen and oxygen atoms in total. The molecule has 1 fully saturated rings.